The quantitative estimate of drug-likeness (QED) is 0.338. The van der Waals surface area contributed by atoms with Gasteiger partial charge in [0.15, 0.2) is 6.29 Å². The van der Waals surface area contributed by atoms with Gasteiger partial charge in [0, 0.05) is 31.7 Å². The molecule has 0 aromatic heterocycles. The highest BCUT2D eigenvalue weighted by atomic mass is 16.7. The first-order chi connectivity index (χ1) is 21.6. The molecule has 2 heterocycles. The van der Waals surface area contributed by atoms with E-state index in [2.05, 4.69) is 39.5 Å². The summed E-state index contributed by atoms with van der Waals surface area (Å²) in [6.45, 7) is 21.5. The van der Waals surface area contributed by atoms with Crippen molar-refractivity contribution in [3.05, 3.63) is 0 Å². The summed E-state index contributed by atoms with van der Waals surface area (Å²) in [6, 6.07) is 0. The van der Waals surface area contributed by atoms with Gasteiger partial charge in [-0.2, -0.15) is 0 Å². The van der Waals surface area contributed by atoms with Crippen LogP contribution in [0.2, 0.25) is 0 Å². The zero-order valence-electron chi connectivity index (χ0n) is 30.1. The molecule has 5 saturated carbocycles. The van der Waals surface area contributed by atoms with Gasteiger partial charge in [-0.1, -0.05) is 34.6 Å². The van der Waals surface area contributed by atoms with Gasteiger partial charge >= 0.3 is 0 Å². The Labute approximate surface area is 278 Å². The number of fused-ring (bicyclic) bond motifs is 4. The largest absolute Gasteiger partial charge is 0.395 e. The molecular weight excluding hydrogens is 582 g/mol. The molecule has 0 amide bonds. The lowest BCUT2D eigenvalue weighted by Gasteiger charge is -2.64. The van der Waals surface area contributed by atoms with Crippen LogP contribution in [0.5, 0.6) is 0 Å². The average molecular weight is 648 g/mol. The van der Waals surface area contributed by atoms with Gasteiger partial charge in [-0.15, -0.1) is 0 Å². The molecule has 0 aromatic rings. The summed E-state index contributed by atoms with van der Waals surface area (Å²) in [7, 11) is 0. The van der Waals surface area contributed by atoms with E-state index in [-0.39, 0.29) is 47.5 Å². The Bertz CT molecular complexity index is 1140. The van der Waals surface area contributed by atoms with E-state index in [1.54, 1.807) is 0 Å². The smallest absolute Gasteiger partial charge is 0.170 e. The van der Waals surface area contributed by atoms with Gasteiger partial charge in [0.2, 0.25) is 0 Å². The highest BCUT2D eigenvalue weighted by Gasteiger charge is 2.84. The van der Waals surface area contributed by atoms with E-state index in [4.69, 9.17) is 18.9 Å². The van der Waals surface area contributed by atoms with E-state index in [9.17, 15) is 15.3 Å². The molecule has 2 saturated heterocycles. The van der Waals surface area contributed by atoms with Crippen LogP contribution in [-0.4, -0.2) is 102 Å². The van der Waals surface area contributed by atoms with E-state index in [0.29, 0.717) is 54.3 Å². The Hall–Kier alpha value is -0.320. The van der Waals surface area contributed by atoms with Crippen molar-refractivity contribution >= 4 is 0 Å². The number of aliphatic hydroxyl groups excluding tert-OH is 2. The van der Waals surface area contributed by atoms with Crippen LogP contribution in [0.1, 0.15) is 107 Å². The molecule has 46 heavy (non-hydrogen) atoms. The van der Waals surface area contributed by atoms with Crippen molar-refractivity contribution in [2.45, 2.75) is 149 Å². The first kappa shape index (κ1) is 34.1. The minimum atomic E-state index is -1.02. The van der Waals surface area contributed by atoms with Crippen LogP contribution in [0, 0.1) is 50.7 Å². The molecule has 0 aromatic carbocycles. The number of nitrogens with zero attached hydrogens (tertiary/aromatic N) is 1. The van der Waals surface area contributed by atoms with Crippen molar-refractivity contribution in [1.82, 2.24) is 4.90 Å². The van der Waals surface area contributed by atoms with E-state index in [1.165, 1.54) is 32.1 Å². The van der Waals surface area contributed by atoms with E-state index in [1.807, 2.05) is 20.8 Å². The first-order valence-corrected chi connectivity index (χ1v) is 18.9. The summed E-state index contributed by atoms with van der Waals surface area (Å²) in [5, 5.41) is 33.1. The molecule has 8 nitrogen and oxygen atoms in total. The van der Waals surface area contributed by atoms with Crippen LogP contribution in [0.15, 0.2) is 0 Å². The summed E-state index contributed by atoms with van der Waals surface area (Å²) in [5.74, 6) is 1.79. The Kier molecular flexibility index (Phi) is 8.42. The van der Waals surface area contributed by atoms with Gasteiger partial charge in [-0.05, 0) is 117 Å². The van der Waals surface area contributed by atoms with Crippen molar-refractivity contribution in [3.63, 3.8) is 0 Å². The van der Waals surface area contributed by atoms with Crippen LogP contribution in [0.4, 0.5) is 0 Å². The summed E-state index contributed by atoms with van der Waals surface area (Å²) < 4.78 is 26.0. The highest BCUT2D eigenvalue weighted by molar-refractivity contribution is 5.33. The Morgan fingerprint density at radius 2 is 1.74 bits per heavy atom. The standard InChI is InChI=1S/C38H65NO7/c1-9-43-32(34(5,6)42)24-20-23(2)29-30(45-24)31(41)36(8)26-11-10-25-33(3,4)27(46-28-21-39(16-18-40)17-19-44-28)12-13-37(25)22-38(26,37)15-14-35(29,36)7/h23-32,40-42H,9-22H2,1-8H3/t23-,24-,25+,26+,27+,28+,29+,30+,31+,32+,35-,36-,37-,38+/m1/s1. The third kappa shape index (κ3) is 4.59. The highest BCUT2D eigenvalue weighted by Crippen LogP contribution is 2.89. The van der Waals surface area contributed by atoms with Gasteiger partial charge in [-0.25, -0.2) is 0 Å². The SMILES string of the molecule is CCO[C@@H]([C@H]1C[C@@H](C)[C@H]2[C@H](O1)[C@H](O)[C@@]1(C)[C@@H]3CC[C@H]4C(C)(C)[C@@H](O[C@H]5CN(CCO)CCO5)CC[C@@]45C[C@@]35CC[C@]21C)C(C)(C)O. The van der Waals surface area contributed by atoms with E-state index >= 15 is 0 Å². The van der Waals surface area contributed by atoms with Gasteiger partial charge < -0.3 is 34.3 Å². The molecule has 2 aliphatic heterocycles. The summed E-state index contributed by atoms with van der Waals surface area (Å²) in [5.41, 5.74) is -0.532. The Balaban J connectivity index is 1.13. The van der Waals surface area contributed by atoms with Crippen LogP contribution in [0.25, 0.3) is 0 Å². The molecule has 0 radical (unpaired) electrons. The number of β-amino-alcohol motifs (C(OH)–C–C–N with tert-alkyl or cyclic N) is 1. The molecule has 5 aliphatic carbocycles. The first-order valence-electron chi connectivity index (χ1n) is 18.9. The predicted octanol–water partition coefficient (Wildman–Crippen LogP) is 5.01. The molecule has 7 fully saturated rings. The summed E-state index contributed by atoms with van der Waals surface area (Å²) in [4.78, 5) is 2.26. The van der Waals surface area contributed by atoms with Crippen LogP contribution in [-0.2, 0) is 18.9 Å². The maximum Gasteiger partial charge on any atom is 0.170 e. The third-order valence-electron chi connectivity index (χ3n) is 16.0. The summed E-state index contributed by atoms with van der Waals surface area (Å²) >= 11 is 0. The Morgan fingerprint density at radius 3 is 2.43 bits per heavy atom. The van der Waals surface area contributed by atoms with Crippen LogP contribution < -0.4 is 0 Å². The van der Waals surface area contributed by atoms with Crippen LogP contribution in [0.3, 0.4) is 0 Å². The fraction of sp³-hybridized carbons (Fsp3) is 1.00. The lowest BCUT2D eigenvalue weighted by Crippen LogP contribution is -2.60. The lowest BCUT2D eigenvalue weighted by atomic mass is 9.41. The fourth-order valence-electron chi connectivity index (χ4n) is 14.0. The van der Waals surface area contributed by atoms with Gasteiger partial charge in [0.05, 0.1) is 43.2 Å². The molecule has 7 aliphatic rings. The molecular formula is C38H65NO7. The second kappa shape index (κ2) is 11.3. The lowest BCUT2D eigenvalue weighted by molar-refractivity contribution is -0.249. The van der Waals surface area contributed by atoms with E-state index in [0.717, 1.165) is 32.4 Å². The normalized spacial score (nSPS) is 52.1. The zero-order chi connectivity index (χ0) is 33.1. The maximum atomic E-state index is 12.6. The van der Waals surface area contributed by atoms with Gasteiger partial charge in [-0.3, -0.25) is 4.90 Å². The average Bonchev–Trinajstić information content (AvgIpc) is 3.62. The van der Waals surface area contributed by atoms with Crippen molar-refractivity contribution < 1.29 is 34.3 Å². The number of hydrogen-bond donors (Lipinski definition) is 3. The molecule has 0 bridgehead atoms. The molecule has 264 valence electrons. The number of aliphatic hydroxyl groups is 3. The van der Waals surface area contributed by atoms with Gasteiger partial charge in [0.25, 0.3) is 0 Å². The second-order valence-electron chi connectivity index (χ2n) is 18.5. The molecule has 3 N–H and O–H groups in total. The maximum absolute atomic E-state index is 12.6. The predicted molar refractivity (Wildman–Crippen MR) is 176 cm³/mol. The second-order valence-corrected chi connectivity index (χ2v) is 18.5. The topological polar surface area (TPSA) is 101 Å². The minimum Gasteiger partial charge on any atom is -0.395 e. The van der Waals surface area contributed by atoms with Crippen molar-refractivity contribution in [2.24, 2.45) is 50.7 Å². The van der Waals surface area contributed by atoms with Crippen molar-refractivity contribution in [1.29, 1.82) is 0 Å². The number of rotatable bonds is 8. The fourth-order valence-corrected chi connectivity index (χ4v) is 14.0. The number of ether oxygens (including phenoxy) is 4. The molecule has 0 unspecified atom stereocenters. The van der Waals surface area contributed by atoms with Crippen molar-refractivity contribution in [3.8, 4) is 0 Å². The minimum absolute atomic E-state index is 0.0123. The Morgan fingerprint density at radius 1 is 1.02 bits per heavy atom. The van der Waals surface area contributed by atoms with Gasteiger partial charge in [0.1, 0.15) is 6.10 Å². The molecule has 8 heteroatoms. The molecule has 7 rings (SSSR count). The summed E-state index contributed by atoms with van der Waals surface area (Å²) in [6.07, 6.45) is 7.77. The third-order valence-corrected chi connectivity index (χ3v) is 16.0. The van der Waals surface area contributed by atoms with E-state index < -0.39 is 17.8 Å². The molecule has 14 atom stereocenters. The monoisotopic (exact) mass is 647 g/mol. The number of morpholine rings is 1. The molecule has 2 spiro atoms. The van der Waals surface area contributed by atoms with Crippen LogP contribution >= 0.6 is 0 Å². The van der Waals surface area contributed by atoms with Crippen molar-refractivity contribution in [2.75, 3.05) is 39.5 Å². The zero-order valence-corrected chi connectivity index (χ0v) is 30.1. The number of hydrogen-bond acceptors (Lipinski definition) is 8.